The maximum Gasteiger partial charge on any atom is 0.252 e. The van der Waals surface area contributed by atoms with Crippen LogP contribution in [0.5, 0.6) is 0 Å². The van der Waals surface area contributed by atoms with Gasteiger partial charge < -0.3 is 15.5 Å². The molecule has 0 radical (unpaired) electrons. The lowest BCUT2D eigenvalue weighted by Crippen LogP contribution is -2.51. The molecule has 154 valence electrons. The number of hydrogen-bond acceptors (Lipinski definition) is 3. The Kier molecular flexibility index (Phi) is 7.96. The summed E-state index contributed by atoms with van der Waals surface area (Å²) < 4.78 is 0.757. The number of nitrogens with one attached hydrogen (secondary N) is 2. The maximum absolute atomic E-state index is 12.9. The summed E-state index contributed by atoms with van der Waals surface area (Å²) in [6.45, 7) is 5.44. The van der Waals surface area contributed by atoms with Crippen LogP contribution in [0.4, 0.5) is 5.69 Å². The van der Waals surface area contributed by atoms with Crippen molar-refractivity contribution in [2.24, 2.45) is 5.92 Å². The first-order chi connectivity index (χ1) is 13.7. The number of nitrogens with zero attached hydrogens (tertiary/aromatic N) is 1. The van der Waals surface area contributed by atoms with Gasteiger partial charge in [0.25, 0.3) is 5.91 Å². The minimum atomic E-state index is -0.733. The number of anilines is 1. The number of para-hydroxylation sites is 1. The van der Waals surface area contributed by atoms with E-state index < -0.39 is 6.04 Å². The molecule has 0 aliphatic carbocycles. The summed E-state index contributed by atoms with van der Waals surface area (Å²) in [5.41, 5.74) is 1.99. The average molecular weight is 460 g/mol. The molecule has 0 saturated heterocycles. The predicted octanol–water partition coefficient (Wildman–Crippen LogP) is 3.61. The molecule has 0 saturated carbocycles. The highest BCUT2D eigenvalue weighted by atomic mass is 79.9. The van der Waals surface area contributed by atoms with E-state index in [0.717, 1.165) is 10.0 Å². The van der Waals surface area contributed by atoms with Gasteiger partial charge >= 0.3 is 0 Å². The number of rotatable bonds is 7. The summed E-state index contributed by atoms with van der Waals surface area (Å²) in [5, 5.41) is 5.59. The van der Waals surface area contributed by atoms with Gasteiger partial charge in [-0.3, -0.25) is 14.4 Å². The maximum atomic E-state index is 12.9. The standard InChI is InChI=1S/C22H26BrN3O3/c1-14(2)20(25-21(28)16-10-6-5-9-15(16)3)22(29)26(4)13-19(27)24-18-12-8-7-11-17(18)23/h5-12,14,20H,13H2,1-4H3,(H,24,27)(H,25,28). The second-order valence-corrected chi connectivity index (χ2v) is 8.09. The van der Waals surface area contributed by atoms with Crippen LogP contribution < -0.4 is 10.6 Å². The predicted molar refractivity (Wildman–Crippen MR) is 118 cm³/mol. The number of benzene rings is 2. The first kappa shape index (κ1) is 22.6. The number of likely N-dealkylation sites (N-methyl/N-ethyl adjacent to an activating group) is 1. The van der Waals surface area contributed by atoms with Gasteiger partial charge in [0, 0.05) is 17.1 Å². The van der Waals surface area contributed by atoms with E-state index in [1.807, 2.05) is 51.1 Å². The van der Waals surface area contributed by atoms with Crippen LogP contribution >= 0.6 is 15.9 Å². The number of carbonyl (C=O) groups excluding carboxylic acids is 3. The number of halogens is 1. The Labute approximate surface area is 179 Å². The molecule has 0 aliphatic rings. The lowest BCUT2D eigenvalue weighted by molar-refractivity contribution is -0.135. The molecule has 2 N–H and O–H groups in total. The van der Waals surface area contributed by atoms with Crippen LogP contribution in [0.1, 0.15) is 29.8 Å². The third-order valence-electron chi connectivity index (χ3n) is 4.51. The molecule has 2 aromatic carbocycles. The van der Waals surface area contributed by atoms with Crippen LogP contribution in [0.25, 0.3) is 0 Å². The van der Waals surface area contributed by atoms with Gasteiger partial charge in [0.15, 0.2) is 0 Å². The van der Waals surface area contributed by atoms with Crippen LogP contribution in [0.3, 0.4) is 0 Å². The van der Waals surface area contributed by atoms with E-state index in [0.29, 0.717) is 11.3 Å². The third kappa shape index (κ3) is 6.15. The zero-order chi connectivity index (χ0) is 21.6. The van der Waals surface area contributed by atoms with Crippen LogP contribution in [0, 0.1) is 12.8 Å². The first-order valence-electron chi connectivity index (χ1n) is 9.36. The van der Waals surface area contributed by atoms with Crippen molar-refractivity contribution in [2.75, 3.05) is 18.9 Å². The van der Waals surface area contributed by atoms with Gasteiger partial charge in [0.1, 0.15) is 6.04 Å². The van der Waals surface area contributed by atoms with E-state index in [1.54, 1.807) is 25.2 Å². The first-order valence-corrected chi connectivity index (χ1v) is 10.2. The van der Waals surface area contributed by atoms with Crippen molar-refractivity contribution in [1.82, 2.24) is 10.2 Å². The van der Waals surface area contributed by atoms with E-state index in [2.05, 4.69) is 26.6 Å². The lowest BCUT2D eigenvalue weighted by Gasteiger charge is -2.27. The van der Waals surface area contributed by atoms with Crippen molar-refractivity contribution in [1.29, 1.82) is 0 Å². The molecule has 3 amide bonds. The average Bonchev–Trinajstić information content (AvgIpc) is 2.67. The smallest absolute Gasteiger partial charge is 0.252 e. The summed E-state index contributed by atoms with van der Waals surface area (Å²) >= 11 is 3.37. The molecule has 2 rings (SSSR count). The van der Waals surface area contributed by atoms with Gasteiger partial charge in [-0.15, -0.1) is 0 Å². The van der Waals surface area contributed by atoms with Crippen molar-refractivity contribution < 1.29 is 14.4 Å². The molecule has 7 heteroatoms. The van der Waals surface area contributed by atoms with Crippen molar-refractivity contribution >= 4 is 39.3 Å². The summed E-state index contributed by atoms with van der Waals surface area (Å²) in [7, 11) is 1.55. The molecule has 6 nitrogen and oxygen atoms in total. The Morgan fingerprint density at radius 2 is 1.66 bits per heavy atom. The molecule has 0 aliphatic heterocycles. The van der Waals surface area contributed by atoms with Crippen LogP contribution in [-0.2, 0) is 9.59 Å². The lowest BCUT2D eigenvalue weighted by atomic mass is 10.0. The van der Waals surface area contributed by atoms with Gasteiger partial charge in [-0.05, 0) is 52.5 Å². The molecule has 1 unspecified atom stereocenters. The fourth-order valence-electron chi connectivity index (χ4n) is 2.84. The van der Waals surface area contributed by atoms with Crippen LogP contribution in [0.2, 0.25) is 0 Å². The third-order valence-corrected chi connectivity index (χ3v) is 5.21. The molecule has 0 fully saturated rings. The molecule has 0 spiro atoms. The second-order valence-electron chi connectivity index (χ2n) is 7.23. The number of amides is 3. The number of carbonyl (C=O) groups is 3. The zero-order valence-corrected chi connectivity index (χ0v) is 18.6. The topological polar surface area (TPSA) is 78.5 Å². The molecule has 2 aromatic rings. The fraction of sp³-hybridized carbons (Fsp3) is 0.318. The van der Waals surface area contributed by atoms with Crippen molar-refractivity contribution in [2.45, 2.75) is 26.8 Å². The Balaban J connectivity index is 2.04. The summed E-state index contributed by atoms with van der Waals surface area (Å²) in [5.74, 6) is -1.07. The Morgan fingerprint density at radius 1 is 1.03 bits per heavy atom. The Bertz CT molecular complexity index is 898. The van der Waals surface area contributed by atoms with Crippen LogP contribution in [-0.4, -0.2) is 42.3 Å². The van der Waals surface area contributed by atoms with Gasteiger partial charge in [0.2, 0.25) is 11.8 Å². The quantitative estimate of drug-likeness (QED) is 0.663. The monoisotopic (exact) mass is 459 g/mol. The van der Waals surface area contributed by atoms with E-state index in [4.69, 9.17) is 0 Å². The normalized spacial score (nSPS) is 11.7. The zero-order valence-electron chi connectivity index (χ0n) is 17.0. The van der Waals surface area contributed by atoms with Crippen molar-refractivity contribution in [3.63, 3.8) is 0 Å². The van der Waals surface area contributed by atoms with E-state index in [-0.39, 0.29) is 30.2 Å². The molecule has 0 aromatic heterocycles. The van der Waals surface area contributed by atoms with E-state index in [9.17, 15) is 14.4 Å². The van der Waals surface area contributed by atoms with Crippen molar-refractivity contribution in [3.05, 3.63) is 64.1 Å². The Morgan fingerprint density at radius 3 is 2.28 bits per heavy atom. The van der Waals surface area contributed by atoms with E-state index in [1.165, 1.54) is 4.90 Å². The van der Waals surface area contributed by atoms with Gasteiger partial charge in [-0.2, -0.15) is 0 Å². The summed E-state index contributed by atoms with van der Waals surface area (Å²) in [6.07, 6.45) is 0. The fourth-order valence-corrected chi connectivity index (χ4v) is 3.23. The number of hydrogen-bond donors (Lipinski definition) is 2. The van der Waals surface area contributed by atoms with Crippen molar-refractivity contribution in [3.8, 4) is 0 Å². The highest BCUT2D eigenvalue weighted by Gasteiger charge is 2.28. The minimum absolute atomic E-state index is 0.121. The summed E-state index contributed by atoms with van der Waals surface area (Å²) in [6, 6.07) is 13.7. The SMILES string of the molecule is Cc1ccccc1C(=O)NC(C(=O)N(C)CC(=O)Nc1ccccc1Br)C(C)C. The molecule has 1 atom stereocenters. The molecule has 0 bridgehead atoms. The highest BCUT2D eigenvalue weighted by Crippen LogP contribution is 2.21. The minimum Gasteiger partial charge on any atom is -0.340 e. The van der Waals surface area contributed by atoms with Gasteiger partial charge in [-0.25, -0.2) is 0 Å². The summed E-state index contributed by atoms with van der Waals surface area (Å²) in [4.78, 5) is 39.2. The van der Waals surface area contributed by atoms with Crippen LogP contribution in [0.15, 0.2) is 53.0 Å². The van der Waals surface area contributed by atoms with E-state index >= 15 is 0 Å². The Hall–Kier alpha value is -2.67. The number of aryl methyl sites for hydroxylation is 1. The molecular formula is C22H26BrN3O3. The molecular weight excluding hydrogens is 434 g/mol. The second kappa shape index (κ2) is 10.2. The van der Waals surface area contributed by atoms with Gasteiger partial charge in [-0.1, -0.05) is 44.2 Å². The molecule has 29 heavy (non-hydrogen) atoms. The highest BCUT2D eigenvalue weighted by molar-refractivity contribution is 9.10. The molecule has 0 heterocycles. The largest absolute Gasteiger partial charge is 0.340 e. The van der Waals surface area contributed by atoms with Gasteiger partial charge in [0.05, 0.1) is 12.2 Å².